The van der Waals surface area contributed by atoms with Crippen LogP contribution in [0.25, 0.3) is 0 Å². The van der Waals surface area contributed by atoms with Gasteiger partial charge in [0.1, 0.15) is 36.6 Å². The molecule has 27 heavy (non-hydrogen) atoms. The second-order valence-electron chi connectivity index (χ2n) is 9.47. The zero-order valence-electron chi connectivity index (χ0n) is 15.4. The fraction of sp³-hybridized carbons (Fsp3) is 0.895. The number of carbonyl (C=O) groups is 2. The molecule has 0 aromatic rings. The Morgan fingerprint density at radius 3 is 1.56 bits per heavy atom. The highest BCUT2D eigenvalue weighted by Gasteiger charge is 2.67. The summed E-state index contributed by atoms with van der Waals surface area (Å²) in [5.74, 6) is -0.965. The minimum Gasteiger partial charge on any atom is -0.465 e. The van der Waals surface area contributed by atoms with Gasteiger partial charge in [-0.25, -0.2) is 0 Å². The zero-order chi connectivity index (χ0) is 18.5. The van der Waals surface area contributed by atoms with Crippen LogP contribution < -0.4 is 0 Å². The number of ether oxygens (including phenoxy) is 6. The minimum atomic E-state index is -0.459. The monoisotopic (exact) mass is 380 g/mol. The number of carbonyl (C=O) groups excluding carboxylic acids is 2. The van der Waals surface area contributed by atoms with Crippen LogP contribution in [0.3, 0.4) is 0 Å². The van der Waals surface area contributed by atoms with Gasteiger partial charge in [0.2, 0.25) is 0 Å². The average Bonchev–Trinajstić information content (AvgIpc) is 3.48. The van der Waals surface area contributed by atoms with E-state index in [-0.39, 0.29) is 85.8 Å². The molecule has 0 N–H and O–H groups in total. The molecule has 0 saturated carbocycles. The van der Waals surface area contributed by atoms with Gasteiger partial charge >= 0.3 is 11.9 Å². The molecule has 10 unspecified atom stereocenters. The summed E-state index contributed by atoms with van der Waals surface area (Å²) < 4.78 is 33.6. The molecule has 148 valence electrons. The van der Waals surface area contributed by atoms with Crippen molar-refractivity contribution in [2.45, 2.75) is 75.5 Å². The third kappa shape index (κ3) is 2.57. The molecule has 0 amide bonds. The third-order valence-corrected chi connectivity index (χ3v) is 6.75. The fourth-order valence-electron chi connectivity index (χ4n) is 5.16. The van der Waals surface area contributed by atoms with E-state index in [9.17, 15) is 9.59 Å². The highest BCUT2D eigenvalue weighted by atomic mass is 16.7. The van der Waals surface area contributed by atoms with Crippen molar-refractivity contribution in [1.29, 1.82) is 0 Å². The van der Waals surface area contributed by atoms with Gasteiger partial charge in [0.05, 0.1) is 37.3 Å². The molecule has 0 aromatic heterocycles. The third-order valence-electron chi connectivity index (χ3n) is 6.75. The smallest absolute Gasteiger partial charge is 0.311 e. The Balaban J connectivity index is 0.978. The molecule has 6 fully saturated rings. The van der Waals surface area contributed by atoms with Crippen LogP contribution in [-0.2, 0) is 38.0 Å². The first-order chi connectivity index (χ1) is 12.9. The lowest BCUT2D eigenvalue weighted by molar-refractivity contribution is -0.160. The highest BCUT2D eigenvalue weighted by molar-refractivity contribution is 5.75. The molecule has 10 atom stereocenters. The van der Waals surface area contributed by atoms with Gasteiger partial charge in [-0.1, -0.05) is 13.8 Å². The van der Waals surface area contributed by atoms with Gasteiger partial charge in [0.25, 0.3) is 0 Å². The van der Waals surface area contributed by atoms with Gasteiger partial charge in [-0.3, -0.25) is 9.59 Å². The second-order valence-corrected chi connectivity index (χ2v) is 9.47. The van der Waals surface area contributed by atoms with Crippen LogP contribution >= 0.6 is 0 Å². The Morgan fingerprint density at radius 1 is 0.741 bits per heavy atom. The Labute approximate surface area is 156 Å². The summed E-state index contributed by atoms with van der Waals surface area (Å²) in [7, 11) is 0. The first-order valence-corrected chi connectivity index (χ1v) is 9.86. The Morgan fingerprint density at radius 2 is 1.19 bits per heavy atom. The van der Waals surface area contributed by atoms with Crippen LogP contribution in [0.15, 0.2) is 0 Å². The lowest BCUT2D eigenvalue weighted by Crippen LogP contribution is -2.37. The first-order valence-electron chi connectivity index (χ1n) is 9.86. The molecule has 6 aliphatic heterocycles. The van der Waals surface area contributed by atoms with E-state index < -0.39 is 5.41 Å². The predicted molar refractivity (Wildman–Crippen MR) is 86.6 cm³/mol. The number of epoxide rings is 2. The standard InChI is InChI=1S/C19H24O8/c1-19(2,5-22-17(20)7-3-9-13-15(26-13)11(7)24-9)6-23-18(21)8-4-10-14-16(27-14)12(8)25-10/h7-16H,3-6H2,1-2H3. The van der Waals surface area contributed by atoms with Crippen molar-refractivity contribution in [1.82, 2.24) is 0 Å². The lowest BCUT2D eigenvalue weighted by atomic mass is 9.89. The number of fused-ring (bicyclic) bond motifs is 10. The largest absolute Gasteiger partial charge is 0.465 e. The van der Waals surface area contributed by atoms with E-state index in [1.165, 1.54) is 0 Å². The quantitative estimate of drug-likeness (QED) is 0.477. The maximum absolute atomic E-state index is 12.4. The highest BCUT2D eigenvalue weighted by Crippen LogP contribution is 2.52. The second kappa shape index (κ2) is 5.43. The van der Waals surface area contributed by atoms with E-state index in [4.69, 9.17) is 28.4 Å². The van der Waals surface area contributed by atoms with Crippen molar-refractivity contribution in [2.75, 3.05) is 13.2 Å². The van der Waals surface area contributed by atoms with Crippen LogP contribution in [0.2, 0.25) is 0 Å². The summed E-state index contributed by atoms with van der Waals surface area (Å²) in [6, 6.07) is 0. The number of hydrogen-bond acceptors (Lipinski definition) is 8. The Kier molecular flexibility index (Phi) is 3.36. The Bertz CT molecular complexity index is 635. The molecule has 4 bridgehead atoms. The molecular weight excluding hydrogens is 356 g/mol. The normalized spacial score (nSPS) is 50.3. The molecule has 6 rings (SSSR count). The topological polar surface area (TPSA) is 96.1 Å². The molecule has 8 nitrogen and oxygen atoms in total. The first kappa shape index (κ1) is 16.7. The lowest BCUT2D eigenvalue weighted by Gasteiger charge is -2.26. The van der Waals surface area contributed by atoms with Gasteiger partial charge in [0.15, 0.2) is 0 Å². The van der Waals surface area contributed by atoms with E-state index in [1.807, 2.05) is 13.8 Å². The van der Waals surface area contributed by atoms with Crippen LogP contribution in [0, 0.1) is 17.3 Å². The van der Waals surface area contributed by atoms with Crippen molar-refractivity contribution in [3.63, 3.8) is 0 Å². The molecule has 8 heteroatoms. The molecule has 6 heterocycles. The van der Waals surface area contributed by atoms with Crippen LogP contribution in [-0.4, -0.2) is 74.0 Å². The summed E-state index contributed by atoms with van der Waals surface area (Å²) >= 11 is 0. The molecule has 6 saturated heterocycles. The molecular formula is C19H24O8. The molecule has 0 spiro atoms. The number of rotatable bonds is 6. The average molecular weight is 380 g/mol. The summed E-state index contributed by atoms with van der Waals surface area (Å²) in [4.78, 5) is 24.8. The maximum atomic E-state index is 12.4. The van der Waals surface area contributed by atoms with E-state index in [2.05, 4.69) is 0 Å². The summed E-state index contributed by atoms with van der Waals surface area (Å²) in [5.41, 5.74) is -0.459. The number of hydrogen-bond donors (Lipinski definition) is 0. The number of esters is 2. The molecule has 6 aliphatic rings. The van der Waals surface area contributed by atoms with Crippen molar-refractivity contribution in [2.24, 2.45) is 17.3 Å². The molecule has 0 aromatic carbocycles. The predicted octanol–water partition coefficient (Wildman–Crippen LogP) is 0.208. The zero-order valence-corrected chi connectivity index (χ0v) is 15.4. The molecule has 0 aliphatic carbocycles. The SMILES string of the molecule is CC(C)(COC(=O)C1CC2OC1C1OC21)COC(=O)C1CC2OC1C1OC21. The maximum Gasteiger partial charge on any atom is 0.311 e. The Hall–Kier alpha value is -1.22. The van der Waals surface area contributed by atoms with Crippen molar-refractivity contribution in [3.05, 3.63) is 0 Å². The van der Waals surface area contributed by atoms with Gasteiger partial charge < -0.3 is 28.4 Å². The van der Waals surface area contributed by atoms with Gasteiger partial charge in [-0.05, 0) is 12.8 Å². The summed E-state index contributed by atoms with van der Waals surface area (Å²) in [5, 5.41) is 0. The van der Waals surface area contributed by atoms with Gasteiger partial charge in [-0.15, -0.1) is 0 Å². The van der Waals surface area contributed by atoms with Crippen LogP contribution in [0.5, 0.6) is 0 Å². The van der Waals surface area contributed by atoms with Crippen molar-refractivity contribution >= 4 is 11.9 Å². The van der Waals surface area contributed by atoms with Crippen molar-refractivity contribution < 1.29 is 38.0 Å². The van der Waals surface area contributed by atoms with Gasteiger partial charge in [0, 0.05) is 5.41 Å². The van der Waals surface area contributed by atoms with E-state index in [0.717, 1.165) is 0 Å². The van der Waals surface area contributed by atoms with Gasteiger partial charge in [-0.2, -0.15) is 0 Å². The van der Waals surface area contributed by atoms with Crippen molar-refractivity contribution in [3.8, 4) is 0 Å². The van der Waals surface area contributed by atoms with Crippen LogP contribution in [0.4, 0.5) is 0 Å². The van der Waals surface area contributed by atoms with E-state index >= 15 is 0 Å². The summed E-state index contributed by atoms with van der Waals surface area (Å²) in [6.07, 6.45) is 1.68. The van der Waals surface area contributed by atoms with E-state index in [0.29, 0.717) is 12.8 Å². The minimum absolute atomic E-state index is 0.0468. The van der Waals surface area contributed by atoms with E-state index in [1.54, 1.807) is 0 Å². The molecule has 0 radical (unpaired) electrons. The summed E-state index contributed by atoms with van der Waals surface area (Å²) in [6.45, 7) is 4.23. The fourth-order valence-corrected chi connectivity index (χ4v) is 5.16. The van der Waals surface area contributed by atoms with Crippen LogP contribution in [0.1, 0.15) is 26.7 Å².